The molecule has 0 aliphatic carbocycles. The molecule has 0 aromatic rings. The Kier molecular flexibility index (Phi) is 3.69. The van der Waals surface area contributed by atoms with Crippen molar-refractivity contribution in [2.24, 2.45) is 5.73 Å². The normalized spacial score (nSPS) is 9.88. The van der Waals surface area contributed by atoms with Gasteiger partial charge in [0.2, 0.25) is 5.91 Å². The zero-order valence-corrected chi connectivity index (χ0v) is 5.92. The third-order valence-electron chi connectivity index (χ3n) is 0.842. The van der Waals surface area contributed by atoms with Crippen LogP contribution in [-0.2, 0) is 4.79 Å². The lowest BCUT2D eigenvalue weighted by molar-refractivity contribution is -0.115. The average molecular weight is 132 g/mol. The van der Waals surface area contributed by atoms with Crippen LogP contribution in [0.15, 0.2) is 0 Å². The molecule has 0 heterocycles. The van der Waals surface area contributed by atoms with Crippen LogP contribution in [0.4, 0.5) is 0 Å². The zero-order chi connectivity index (χ0) is 6.57. The third kappa shape index (κ3) is 2.21. The first-order valence-electron chi connectivity index (χ1n) is 2.42. The highest BCUT2D eigenvalue weighted by Gasteiger charge is 2.10. The van der Waals surface area contributed by atoms with Gasteiger partial charge in [0.25, 0.3) is 0 Å². The van der Waals surface area contributed by atoms with Gasteiger partial charge in [0.05, 0.1) is 0 Å². The fourth-order valence-electron chi connectivity index (χ4n) is 0.419. The van der Waals surface area contributed by atoms with Crippen molar-refractivity contribution < 1.29 is 4.79 Å². The van der Waals surface area contributed by atoms with E-state index in [1.165, 1.54) is 11.8 Å². The summed E-state index contributed by atoms with van der Waals surface area (Å²) >= 11 is 1.42. The minimum atomic E-state index is -0.292. The number of amides is 1. The van der Waals surface area contributed by atoms with Crippen molar-refractivity contribution in [1.82, 2.24) is 0 Å². The first-order valence-corrected chi connectivity index (χ1v) is 3.64. The number of carbonyl (C=O) groups excluding carboxylic acids is 1. The van der Waals surface area contributed by atoms with Crippen molar-refractivity contribution in [3.63, 3.8) is 0 Å². The third-order valence-corrected chi connectivity index (χ3v) is 1.82. The molecule has 1 radical (unpaired) electrons. The molecule has 1 amide bonds. The molecule has 2 nitrogen and oxygen atoms in total. The lowest BCUT2D eigenvalue weighted by Crippen LogP contribution is -2.17. The maximum atomic E-state index is 10.3. The zero-order valence-electron chi connectivity index (χ0n) is 5.10. The molecule has 2 N–H and O–H groups in total. The smallest absolute Gasteiger partial charge is 0.235 e. The van der Waals surface area contributed by atoms with Crippen LogP contribution in [0.25, 0.3) is 0 Å². The lowest BCUT2D eigenvalue weighted by atomic mass is 10.3. The highest BCUT2D eigenvalue weighted by Crippen LogP contribution is 2.17. The summed E-state index contributed by atoms with van der Waals surface area (Å²) in [6, 6.07) is 0. The van der Waals surface area contributed by atoms with Crippen molar-refractivity contribution in [2.75, 3.05) is 6.26 Å². The average Bonchev–Trinajstić information content (AvgIpc) is 1.69. The fraction of sp³-hybridized carbons (Fsp3) is 0.600. The van der Waals surface area contributed by atoms with Crippen LogP contribution in [0, 0.1) is 5.25 Å². The Balaban J connectivity index is 3.52. The van der Waals surface area contributed by atoms with E-state index in [-0.39, 0.29) is 5.91 Å². The highest BCUT2D eigenvalue weighted by molar-refractivity contribution is 8.02. The molecule has 3 heteroatoms. The molecule has 0 aromatic heterocycles. The Morgan fingerprint density at radius 1 is 1.75 bits per heavy atom. The summed E-state index contributed by atoms with van der Waals surface area (Å²) in [6.07, 6.45) is 2.60. The molecule has 0 aromatic carbocycles. The van der Waals surface area contributed by atoms with Crippen LogP contribution in [0.2, 0.25) is 0 Å². The predicted molar refractivity (Wildman–Crippen MR) is 36.2 cm³/mol. The molecule has 0 fully saturated rings. The summed E-state index contributed by atoms with van der Waals surface area (Å²) in [5.41, 5.74) is 4.96. The molecule has 0 aliphatic rings. The molecule has 0 spiro atoms. The van der Waals surface area contributed by atoms with E-state index in [2.05, 4.69) is 0 Å². The molecule has 0 saturated carbocycles. The summed E-state index contributed by atoms with van der Waals surface area (Å²) in [5, 5.41) is 0.741. The van der Waals surface area contributed by atoms with Crippen LogP contribution in [0.1, 0.15) is 13.3 Å². The maximum Gasteiger partial charge on any atom is 0.235 e. The Hall–Kier alpha value is -0.180. The first-order chi connectivity index (χ1) is 3.72. The number of rotatable bonds is 3. The minimum absolute atomic E-state index is 0.292. The fourth-order valence-corrected chi connectivity index (χ4v) is 0.909. The molecule has 8 heavy (non-hydrogen) atoms. The van der Waals surface area contributed by atoms with Crippen molar-refractivity contribution in [3.05, 3.63) is 5.25 Å². The number of thioether (sulfide) groups is 1. The standard InChI is InChI=1S/C5H10NOS/c1-3-4(8-2)5(6)7/h3H2,1-2H3,(H2,6,7). The van der Waals surface area contributed by atoms with Crippen molar-refractivity contribution in [2.45, 2.75) is 13.3 Å². The van der Waals surface area contributed by atoms with E-state index in [0.29, 0.717) is 0 Å². The van der Waals surface area contributed by atoms with E-state index in [9.17, 15) is 4.79 Å². The molecule has 0 saturated heterocycles. The van der Waals surface area contributed by atoms with E-state index >= 15 is 0 Å². The summed E-state index contributed by atoms with van der Waals surface area (Å²) in [5.74, 6) is -0.292. The van der Waals surface area contributed by atoms with E-state index in [1.807, 2.05) is 13.2 Å². The second-order valence-electron chi connectivity index (χ2n) is 1.35. The summed E-state index contributed by atoms with van der Waals surface area (Å²) in [4.78, 5) is 10.3. The summed E-state index contributed by atoms with van der Waals surface area (Å²) < 4.78 is 0. The second kappa shape index (κ2) is 3.78. The highest BCUT2D eigenvalue weighted by atomic mass is 32.2. The molecule has 0 rings (SSSR count). The monoisotopic (exact) mass is 132 g/mol. The van der Waals surface area contributed by atoms with Crippen LogP contribution in [-0.4, -0.2) is 12.2 Å². The van der Waals surface area contributed by atoms with Gasteiger partial charge in [0, 0.05) is 0 Å². The van der Waals surface area contributed by atoms with Gasteiger partial charge in [0.15, 0.2) is 0 Å². The number of primary amides is 1. The van der Waals surface area contributed by atoms with Crippen molar-refractivity contribution >= 4 is 17.7 Å². The topological polar surface area (TPSA) is 43.1 Å². The van der Waals surface area contributed by atoms with E-state index in [1.54, 1.807) is 0 Å². The van der Waals surface area contributed by atoms with E-state index in [0.717, 1.165) is 11.7 Å². The first kappa shape index (κ1) is 7.82. The van der Waals surface area contributed by atoms with Crippen LogP contribution in [0.3, 0.4) is 0 Å². The van der Waals surface area contributed by atoms with E-state index < -0.39 is 0 Å². The van der Waals surface area contributed by atoms with Gasteiger partial charge in [-0.3, -0.25) is 4.79 Å². The van der Waals surface area contributed by atoms with Crippen LogP contribution in [0.5, 0.6) is 0 Å². The van der Waals surface area contributed by atoms with Gasteiger partial charge < -0.3 is 5.73 Å². The van der Waals surface area contributed by atoms with Crippen molar-refractivity contribution in [3.8, 4) is 0 Å². The number of hydrogen-bond acceptors (Lipinski definition) is 2. The maximum absolute atomic E-state index is 10.3. The summed E-state index contributed by atoms with van der Waals surface area (Å²) in [6.45, 7) is 1.91. The van der Waals surface area contributed by atoms with Crippen LogP contribution >= 0.6 is 11.8 Å². The SMILES string of the molecule is CC[C](SC)C(N)=O. The largest absolute Gasteiger partial charge is 0.368 e. The molecule has 0 atom stereocenters. The molecule has 0 aliphatic heterocycles. The Labute approximate surface area is 53.8 Å². The van der Waals surface area contributed by atoms with Gasteiger partial charge in [-0.05, 0) is 12.7 Å². The van der Waals surface area contributed by atoms with Gasteiger partial charge in [-0.25, -0.2) is 0 Å². The van der Waals surface area contributed by atoms with Crippen molar-refractivity contribution in [1.29, 1.82) is 0 Å². The molecule has 0 bridgehead atoms. The predicted octanol–water partition coefficient (Wildman–Crippen LogP) is 0.777. The van der Waals surface area contributed by atoms with Crippen LogP contribution < -0.4 is 5.73 Å². The van der Waals surface area contributed by atoms with Gasteiger partial charge >= 0.3 is 0 Å². The second-order valence-corrected chi connectivity index (χ2v) is 2.25. The molecular weight excluding hydrogens is 122 g/mol. The lowest BCUT2D eigenvalue weighted by Gasteiger charge is -2.02. The Bertz CT molecular complexity index is 80.5. The molecular formula is C5H10NOS. The van der Waals surface area contributed by atoms with E-state index in [4.69, 9.17) is 5.73 Å². The Morgan fingerprint density at radius 2 is 2.25 bits per heavy atom. The van der Waals surface area contributed by atoms with Gasteiger partial charge in [-0.15, -0.1) is 11.8 Å². The van der Waals surface area contributed by atoms with Gasteiger partial charge in [-0.2, -0.15) is 0 Å². The van der Waals surface area contributed by atoms with Gasteiger partial charge in [-0.1, -0.05) is 6.92 Å². The number of carbonyl (C=O) groups is 1. The summed E-state index contributed by atoms with van der Waals surface area (Å²) in [7, 11) is 0. The van der Waals surface area contributed by atoms with Gasteiger partial charge in [0.1, 0.15) is 5.25 Å². The Morgan fingerprint density at radius 3 is 2.25 bits per heavy atom. The number of hydrogen-bond donors (Lipinski definition) is 1. The number of nitrogens with two attached hydrogens (primary N) is 1. The quantitative estimate of drug-likeness (QED) is 0.616. The minimum Gasteiger partial charge on any atom is -0.368 e. The molecule has 0 unspecified atom stereocenters. The molecule has 47 valence electrons.